The average molecular weight is 592 g/mol. The fourth-order valence-electron chi connectivity index (χ4n) is 6.52. The second kappa shape index (κ2) is 16.8. The minimum atomic E-state index is -0.345. The molecule has 0 spiro atoms. The number of carbonyl (C=O) groups is 2. The summed E-state index contributed by atoms with van der Waals surface area (Å²) < 4.78 is 11.7. The molecule has 8 heteroatoms. The normalized spacial score (nSPS) is 22.0. The highest BCUT2D eigenvalue weighted by atomic mass is 16.8. The highest BCUT2D eigenvalue weighted by Crippen LogP contribution is 2.27. The van der Waals surface area contributed by atoms with Crippen LogP contribution in [0.15, 0.2) is 54.1 Å². The number of hydroxylamine groups is 1. The van der Waals surface area contributed by atoms with Crippen LogP contribution in [0.1, 0.15) is 83.5 Å². The fourth-order valence-corrected chi connectivity index (χ4v) is 6.52. The molecule has 2 aromatic rings. The summed E-state index contributed by atoms with van der Waals surface area (Å²) in [6.45, 7) is 4.00. The van der Waals surface area contributed by atoms with Crippen molar-refractivity contribution in [2.45, 2.75) is 95.8 Å². The topological polar surface area (TPSA) is 89.1 Å². The van der Waals surface area contributed by atoms with Crippen LogP contribution in [0, 0.1) is 5.92 Å². The molecule has 1 saturated carbocycles. The van der Waals surface area contributed by atoms with Crippen LogP contribution in [0.25, 0.3) is 10.8 Å². The number of likely N-dealkylation sites (tertiary alicyclic amines) is 1. The van der Waals surface area contributed by atoms with Gasteiger partial charge in [0.05, 0.1) is 5.57 Å². The zero-order valence-corrected chi connectivity index (χ0v) is 25.6. The average Bonchev–Trinajstić information content (AvgIpc) is 3.48. The molecule has 5 rings (SSSR count). The second-order valence-electron chi connectivity index (χ2n) is 12.4. The number of hydrogen-bond acceptors (Lipinski definition) is 6. The lowest BCUT2D eigenvalue weighted by Gasteiger charge is -2.26. The van der Waals surface area contributed by atoms with Gasteiger partial charge in [-0.3, -0.25) is 9.59 Å². The van der Waals surface area contributed by atoms with E-state index in [1.807, 2.05) is 36.4 Å². The molecular formula is C35H49N3O5. The van der Waals surface area contributed by atoms with Crippen LogP contribution in [-0.4, -0.2) is 61.9 Å². The van der Waals surface area contributed by atoms with Gasteiger partial charge in [-0.25, -0.2) is 10.3 Å². The van der Waals surface area contributed by atoms with Crippen molar-refractivity contribution in [3.8, 4) is 5.75 Å². The Morgan fingerprint density at radius 1 is 0.953 bits per heavy atom. The Kier molecular flexibility index (Phi) is 12.3. The molecule has 2 saturated heterocycles. The predicted octanol–water partition coefficient (Wildman–Crippen LogP) is 6.05. The van der Waals surface area contributed by atoms with Crippen molar-refractivity contribution in [1.82, 2.24) is 15.7 Å². The number of benzene rings is 2. The number of amides is 2. The van der Waals surface area contributed by atoms with E-state index in [9.17, 15) is 9.59 Å². The quantitative estimate of drug-likeness (QED) is 0.158. The minimum Gasteiger partial charge on any atom is -0.488 e. The molecule has 0 radical (unpaired) electrons. The number of allylic oxidation sites excluding steroid dienone is 1. The monoisotopic (exact) mass is 591 g/mol. The highest BCUT2D eigenvalue weighted by Gasteiger charge is 2.27. The standard InChI is InChI=1S/C35H49N3O5/c39-33(37-43-34-20-9-10-23-41-34)19-6-2-5-15-29(26-42-32-18-11-16-28-14-7-8-17-31(28)32)35(40)36-30-21-22-38(25-30)24-27-12-3-1-4-13-27/h7-8,11,14-18,27,30,34H,1-6,9-10,12-13,19-26H2,(H,36,40)(H,37,39)/b29-15+. The van der Waals surface area contributed by atoms with E-state index in [2.05, 4.69) is 27.8 Å². The van der Waals surface area contributed by atoms with Crippen LogP contribution >= 0.6 is 0 Å². The molecule has 43 heavy (non-hydrogen) atoms. The van der Waals surface area contributed by atoms with Gasteiger partial charge < -0.3 is 19.7 Å². The van der Waals surface area contributed by atoms with Crippen LogP contribution in [0.5, 0.6) is 5.75 Å². The van der Waals surface area contributed by atoms with Gasteiger partial charge in [0.1, 0.15) is 12.4 Å². The molecule has 2 unspecified atom stereocenters. The summed E-state index contributed by atoms with van der Waals surface area (Å²) in [6, 6.07) is 14.3. The maximum Gasteiger partial charge on any atom is 0.250 e. The maximum atomic E-state index is 13.5. The van der Waals surface area contributed by atoms with Crippen molar-refractivity contribution < 1.29 is 23.9 Å². The second-order valence-corrected chi connectivity index (χ2v) is 12.4. The summed E-state index contributed by atoms with van der Waals surface area (Å²) in [5.74, 6) is 1.38. The summed E-state index contributed by atoms with van der Waals surface area (Å²) in [4.78, 5) is 33.6. The first-order valence-electron chi connectivity index (χ1n) is 16.5. The largest absolute Gasteiger partial charge is 0.488 e. The Labute approximate surface area is 256 Å². The first-order valence-corrected chi connectivity index (χ1v) is 16.5. The molecule has 3 aliphatic rings. The SMILES string of the molecule is O=C(CCCC/C=C(\COc1cccc2ccccc12)C(=O)NC1CCN(CC2CCCCC2)C1)NOC1CCCCO1. The van der Waals surface area contributed by atoms with Gasteiger partial charge in [0.2, 0.25) is 5.91 Å². The third-order valence-electron chi connectivity index (χ3n) is 8.96. The van der Waals surface area contributed by atoms with Crippen molar-refractivity contribution in [2.24, 2.45) is 5.92 Å². The molecule has 0 bridgehead atoms. The summed E-state index contributed by atoms with van der Waals surface area (Å²) in [5, 5.41) is 5.45. The van der Waals surface area contributed by atoms with E-state index in [1.54, 1.807) is 0 Å². The molecular weight excluding hydrogens is 542 g/mol. The molecule has 2 aliphatic heterocycles. The van der Waals surface area contributed by atoms with Crippen LogP contribution in [0.2, 0.25) is 0 Å². The first kappa shape index (κ1) is 31.5. The van der Waals surface area contributed by atoms with Gasteiger partial charge in [-0.15, -0.1) is 0 Å². The molecule has 1 aliphatic carbocycles. The lowest BCUT2D eigenvalue weighted by molar-refractivity contribution is -0.200. The highest BCUT2D eigenvalue weighted by molar-refractivity contribution is 5.94. The van der Waals surface area contributed by atoms with Crippen LogP contribution in [0.4, 0.5) is 0 Å². The Morgan fingerprint density at radius 2 is 1.79 bits per heavy atom. The van der Waals surface area contributed by atoms with Gasteiger partial charge in [-0.05, 0) is 68.7 Å². The number of ether oxygens (including phenoxy) is 2. The van der Waals surface area contributed by atoms with Crippen molar-refractivity contribution in [3.05, 3.63) is 54.1 Å². The number of nitrogens with one attached hydrogen (secondary N) is 2. The number of unbranched alkanes of at least 4 members (excludes halogenated alkanes) is 2. The minimum absolute atomic E-state index is 0.0524. The Hall–Kier alpha value is -2.94. The molecule has 2 amide bonds. The van der Waals surface area contributed by atoms with Gasteiger partial charge in [-0.2, -0.15) is 0 Å². The van der Waals surface area contributed by atoms with Gasteiger partial charge in [0.25, 0.3) is 5.91 Å². The molecule has 3 fully saturated rings. The molecule has 8 nitrogen and oxygen atoms in total. The van der Waals surface area contributed by atoms with Crippen molar-refractivity contribution in [3.63, 3.8) is 0 Å². The lowest BCUT2D eigenvalue weighted by Crippen LogP contribution is -2.39. The van der Waals surface area contributed by atoms with Gasteiger partial charge >= 0.3 is 0 Å². The molecule has 0 aromatic heterocycles. The number of fused-ring (bicyclic) bond motifs is 1. The predicted molar refractivity (Wildman–Crippen MR) is 168 cm³/mol. The molecule has 2 N–H and O–H groups in total. The Morgan fingerprint density at radius 3 is 2.65 bits per heavy atom. The van der Waals surface area contributed by atoms with E-state index in [0.717, 1.165) is 74.2 Å². The maximum absolute atomic E-state index is 13.5. The van der Waals surface area contributed by atoms with E-state index >= 15 is 0 Å². The van der Waals surface area contributed by atoms with Crippen molar-refractivity contribution in [2.75, 3.05) is 32.8 Å². The van der Waals surface area contributed by atoms with Crippen LogP contribution in [-0.2, 0) is 19.2 Å². The fraction of sp³-hybridized carbons (Fsp3) is 0.600. The number of nitrogens with zero attached hydrogens (tertiary/aromatic N) is 1. The number of carbonyl (C=O) groups excluding carboxylic acids is 2. The van der Waals surface area contributed by atoms with Crippen molar-refractivity contribution >= 4 is 22.6 Å². The zero-order chi connectivity index (χ0) is 29.7. The van der Waals surface area contributed by atoms with Gasteiger partial charge in [0.15, 0.2) is 6.29 Å². The van der Waals surface area contributed by atoms with Gasteiger partial charge in [-0.1, -0.05) is 61.7 Å². The van der Waals surface area contributed by atoms with E-state index in [0.29, 0.717) is 31.4 Å². The van der Waals surface area contributed by atoms with E-state index < -0.39 is 0 Å². The third kappa shape index (κ3) is 10.1. The Bertz CT molecular complexity index is 1200. The molecule has 2 heterocycles. The lowest BCUT2D eigenvalue weighted by atomic mass is 9.89. The summed E-state index contributed by atoms with van der Waals surface area (Å²) in [6.07, 6.45) is 14.8. The summed E-state index contributed by atoms with van der Waals surface area (Å²) >= 11 is 0. The number of hydrogen-bond donors (Lipinski definition) is 2. The Balaban J connectivity index is 1.12. The number of rotatable bonds is 14. The molecule has 234 valence electrons. The van der Waals surface area contributed by atoms with Gasteiger partial charge in [0, 0.05) is 50.5 Å². The van der Waals surface area contributed by atoms with Crippen molar-refractivity contribution in [1.29, 1.82) is 0 Å². The zero-order valence-electron chi connectivity index (χ0n) is 25.6. The third-order valence-corrected chi connectivity index (χ3v) is 8.96. The van der Waals surface area contributed by atoms with E-state index in [-0.39, 0.29) is 30.8 Å². The smallest absolute Gasteiger partial charge is 0.250 e. The van der Waals surface area contributed by atoms with Crippen LogP contribution < -0.4 is 15.5 Å². The first-order chi connectivity index (χ1) is 21.1. The molecule has 2 aromatic carbocycles. The summed E-state index contributed by atoms with van der Waals surface area (Å²) in [7, 11) is 0. The van der Waals surface area contributed by atoms with Crippen LogP contribution in [0.3, 0.4) is 0 Å². The van der Waals surface area contributed by atoms with E-state index in [4.69, 9.17) is 14.3 Å². The summed E-state index contributed by atoms with van der Waals surface area (Å²) in [5.41, 5.74) is 3.17. The molecule has 2 atom stereocenters. The van der Waals surface area contributed by atoms with E-state index in [1.165, 1.54) is 32.1 Å².